The molecule has 1 aliphatic heterocycles. The van der Waals surface area contributed by atoms with Gasteiger partial charge in [-0.05, 0) is 6.42 Å². The Morgan fingerprint density at radius 3 is 2.75 bits per heavy atom. The molecule has 5 nitrogen and oxygen atoms in total. The highest BCUT2D eigenvalue weighted by molar-refractivity contribution is 5.74. The summed E-state index contributed by atoms with van der Waals surface area (Å²) in [4.78, 5) is 13.7. The number of nitrogens with one attached hydrogen (secondary N) is 1. The average molecular weight is 230 g/mol. The third-order valence-electron chi connectivity index (χ3n) is 2.63. The van der Waals surface area contributed by atoms with E-state index < -0.39 is 0 Å². The van der Waals surface area contributed by atoms with Crippen LogP contribution < -0.4 is 5.32 Å². The lowest BCUT2D eigenvalue weighted by atomic mass is 10.2. The molecule has 2 amide bonds. The third kappa shape index (κ3) is 4.37. The maximum atomic E-state index is 11.9. The molecule has 1 saturated heterocycles. The van der Waals surface area contributed by atoms with E-state index in [4.69, 9.17) is 9.47 Å². The lowest BCUT2D eigenvalue weighted by molar-refractivity contribution is 0.0511. The van der Waals surface area contributed by atoms with Crippen molar-refractivity contribution in [1.29, 1.82) is 0 Å². The van der Waals surface area contributed by atoms with E-state index in [1.807, 2.05) is 0 Å². The Labute approximate surface area is 97.1 Å². The number of urea groups is 1. The second-order valence-corrected chi connectivity index (χ2v) is 3.99. The van der Waals surface area contributed by atoms with Gasteiger partial charge in [0.05, 0.1) is 25.9 Å². The van der Waals surface area contributed by atoms with Gasteiger partial charge in [0.15, 0.2) is 0 Å². The van der Waals surface area contributed by atoms with E-state index in [1.165, 1.54) is 0 Å². The van der Waals surface area contributed by atoms with Gasteiger partial charge in [-0.15, -0.1) is 0 Å². The molecule has 0 bridgehead atoms. The number of hydrogen-bond donors (Lipinski definition) is 1. The molecule has 1 heterocycles. The van der Waals surface area contributed by atoms with Crippen LogP contribution in [-0.2, 0) is 9.47 Å². The van der Waals surface area contributed by atoms with Crippen molar-refractivity contribution in [1.82, 2.24) is 10.2 Å². The monoisotopic (exact) mass is 230 g/mol. The molecule has 0 aliphatic carbocycles. The third-order valence-corrected chi connectivity index (χ3v) is 2.63. The molecule has 0 aromatic rings. The summed E-state index contributed by atoms with van der Waals surface area (Å²) in [6, 6.07) is 0.115. The van der Waals surface area contributed by atoms with Gasteiger partial charge >= 0.3 is 6.03 Å². The molecule has 1 rings (SSSR count). The molecule has 0 aromatic carbocycles. The zero-order valence-corrected chi connectivity index (χ0v) is 10.2. The van der Waals surface area contributed by atoms with Crippen LogP contribution in [-0.4, -0.2) is 57.0 Å². The smallest absolute Gasteiger partial charge is 0.317 e. The maximum absolute atomic E-state index is 11.9. The van der Waals surface area contributed by atoms with E-state index in [2.05, 4.69) is 12.2 Å². The van der Waals surface area contributed by atoms with Crippen molar-refractivity contribution < 1.29 is 14.3 Å². The fourth-order valence-corrected chi connectivity index (χ4v) is 1.78. The van der Waals surface area contributed by atoms with E-state index in [-0.39, 0.29) is 12.1 Å². The van der Waals surface area contributed by atoms with Gasteiger partial charge in [-0.3, -0.25) is 0 Å². The van der Waals surface area contributed by atoms with Crippen molar-refractivity contribution in [2.45, 2.75) is 25.8 Å². The Hall–Kier alpha value is -0.810. The van der Waals surface area contributed by atoms with E-state index in [1.54, 1.807) is 12.0 Å². The quantitative estimate of drug-likeness (QED) is 0.761. The van der Waals surface area contributed by atoms with Crippen LogP contribution in [0.3, 0.4) is 0 Å². The van der Waals surface area contributed by atoms with Gasteiger partial charge < -0.3 is 19.7 Å². The SMILES string of the molecule is CCCC(COC)NC(=O)N1CCOCC1. The summed E-state index contributed by atoms with van der Waals surface area (Å²) in [7, 11) is 1.66. The standard InChI is InChI=1S/C11H22N2O3/c1-3-4-10(9-15-2)12-11(14)13-5-7-16-8-6-13/h10H,3-9H2,1-2H3,(H,12,14). The van der Waals surface area contributed by atoms with Crippen LogP contribution in [0.2, 0.25) is 0 Å². The number of nitrogens with zero attached hydrogens (tertiary/aromatic N) is 1. The van der Waals surface area contributed by atoms with Crippen molar-refractivity contribution in [3.8, 4) is 0 Å². The van der Waals surface area contributed by atoms with Gasteiger partial charge in [-0.1, -0.05) is 13.3 Å². The molecule has 16 heavy (non-hydrogen) atoms. The molecule has 1 aliphatic rings. The molecular weight excluding hydrogens is 208 g/mol. The molecule has 1 unspecified atom stereocenters. The van der Waals surface area contributed by atoms with E-state index in [0.29, 0.717) is 32.9 Å². The minimum absolute atomic E-state index is 0.00111. The molecule has 0 spiro atoms. The topological polar surface area (TPSA) is 50.8 Å². The lowest BCUT2D eigenvalue weighted by Crippen LogP contribution is -2.50. The van der Waals surface area contributed by atoms with E-state index in [9.17, 15) is 4.79 Å². The fraction of sp³-hybridized carbons (Fsp3) is 0.909. The van der Waals surface area contributed by atoms with Gasteiger partial charge in [0.1, 0.15) is 0 Å². The molecule has 0 aromatic heterocycles. The summed E-state index contributed by atoms with van der Waals surface area (Å²) < 4.78 is 10.3. The number of ether oxygens (including phenoxy) is 2. The van der Waals surface area contributed by atoms with Crippen molar-refractivity contribution in [3.63, 3.8) is 0 Å². The van der Waals surface area contributed by atoms with Crippen LogP contribution in [0.15, 0.2) is 0 Å². The number of rotatable bonds is 5. The van der Waals surface area contributed by atoms with Crippen LogP contribution in [0.25, 0.3) is 0 Å². The molecule has 1 fully saturated rings. The first-order valence-electron chi connectivity index (χ1n) is 5.90. The molecule has 5 heteroatoms. The first kappa shape index (κ1) is 13.3. The summed E-state index contributed by atoms with van der Waals surface area (Å²) in [6.07, 6.45) is 1.99. The molecule has 1 N–H and O–H groups in total. The Bertz CT molecular complexity index is 199. The average Bonchev–Trinajstić information content (AvgIpc) is 2.31. The largest absolute Gasteiger partial charge is 0.383 e. The van der Waals surface area contributed by atoms with Crippen LogP contribution in [0.4, 0.5) is 4.79 Å². The number of carbonyl (C=O) groups excluding carboxylic acids is 1. The molecule has 94 valence electrons. The van der Waals surface area contributed by atoms with Gasteiger partial charge in [0.25, 0.3) is 0 Å². The minimum Gasteiger partial charge on any atom is -0.383 e. The Morgan fingerprint density at radius 2 is 2.19 bits per heavy atom. The predicted molar refractivity (Wildman–Crippen MR) is 61.5 cm³/mol. The predicted octanol–water partition coefficient (Wildman–Crippen LogP) is 0.843. The second-order valence-electron chi connectivity index (χ2n) is 3.99. The highest BCUT2D eigenvalue weighted by atomic mass is 16.5. The Kier molecular flexibility index (Phi) is 6.18. The normalized spacial score (nSPS) is 18.2. The highest BCUT2D eigenvalue weighted by Gasteiger charge is 2.19. The van der Waals surface area contributed by atoms with Crippen LogP contribution in [0.5, 0.6) is 0 Å². The maximum Gasteiger partial charge on any atom is 0.317 e. The summed E-state index contributed by atoms with van der Waals surface area (Å²) >= 11 is 0. The summed E-state index contributed by atoms with van der Waals surface area (Å²) in [5, 5.41) is 3.00. The Morgan fingerprint density at radius 1 is 1.50 bits per heavy atom. The lowest BCUT2D eigenvalue weighted by Gasteiger charge is -2.29. The van der Waals surface area contributed by atoms with Gasteiger partial charge in [-0.2, -0.15) is 0 Å². The van der Waals surface area contributed by atoms with Crippen molar-refractivity contribution in [2.24, 2.45) is 0 Å². The summed E-state index contributed by atoms with van der Waals surface area (Å²) in [5.74, 6) is 0. The number of morpholine rings is 1. The molecule has 0 saturated carbocycles. The molecule has 1 atom stereocenters. The number of methoxy groups -OCH3 is 1. The van der Waals surface area contributed by atoms with Crippen LogP contribution >= 0.6 is 0 Å². The van der Waals surface area contributed by atoms with Gasteiger partial charge in [0, 0.05) is 20.2 Å². The van der Waals surface area contributed by atoms with Crippen LogP contribution in [0, 0.1) is 0 Å². The first-order chi connectivity index (χ1) is 7.77. The zero-order valence-electron chi connectivity index (χ0n) is 10.2. The van der Waals surface area contributed by atoms with Gasteiger partial charge in [0.2, 0.25) is 0 Å². The minimum atomic E-state index is -0.00111. The van der Waals surface area contributed by atoms with E-state index >= 15 is 0 Å². The summed E-state index contributed by atoms with van der Waals surface area (Å²) in [5.41, 5.74) is 0. The number of amides is 2. The fourth-order valence-electron chi connectivity index (χ4n) is 1.78. The highest BCUT2D eigenvalue weighted by Crippen LogP contribution is 2.01. The number of hydrogen-bond acceptors (Lipinski definition) is 3. The first-order valence-corrected chi connectivity index (χ1v) is 5.90. The summed E-state index contributed by atoms with van der Waals surface area (Å²) in [6.45, 7) is 5.30. The van der Waals surface area contributed by atoms with E-state index in [0.717, 1.165) is 12.8 Å². The van der Waals surface area contributed by atoms with Crippen molar-refractivity contribution in [3.05, 3.63) is 0 Å². The van der Waals surface area contributed by atoms with Gasteiger partial charge in [-0.25, -0.2) is 4.79 Å². The molecular formula is C11H22N2O3. The zero-order chi connectivity index (χ0) is 11.8. The number of carbonyl (C=O) groups is 1. The van der Waals surface area contributed by atoms with Crippen molar-refractivity contribution in [2.75, 3.05) is 40.0 Å². The molecule has 0 radical (unpaired) electrons. The van der Waals surface area contributed by atoms with Crippen molar-refractivity contribution >= 4 is 6.03 Å². The Balaban J connectivity index is 2.33. The second kappa shape index (κ2) is 7.46. The van der Waals surface area contributed by atoms with Crippen LogP contribution in [0.1, 0.15) is 19.8 Å².